The molecule has 16 heavy (non-hydrogen) atoms. The van der Waals surface area contributed by atoms with Gasteiger partial charge in [0.2, 0.25) is 0 Å². The maximum atomic E-state index is 13.5. The Bertz CT molecular complexity index is 548. The van der Waals surface area contributed by atoms with Crippen LogP contribution in [0.15, 0.2) is 34.1 Å². The first-order valence-electron chi connectivity index (χ1n) is 4.63. The lowest BCUT2D eigenvalue weighted by molar-refractivity contribution is 0.103. The minimum Gasteiger partial charge on any atom is -0.288 e. The normalized spacial score (nSPS) is 10.4. The number of benzene rings is 1. The van der Waals surface area contributed by atoms with E-state index in [2.05, 4.69) is 15.9 Å². The molecule has 0 saturated heterocycles. The number of halogens is 2. The van der Waals surface area contributed by atoms with Crippen molar-refractivity contribution in [3.05, 3.63) is 55.9 Å². The summed E-state index contributed by atoms with van der Waals surface area (Å²) in [4.78, 5) is 13.0. The Morgan fingerprint density at radius 3 is 2.75 bits per heavy atom. The number of hydrogen-bond acceptors (Lipinski definition) is 2. The van der Waals surface area contributed by atoms with E-state index in [1.807, 2.05) is 6.92 Å². The summed E-state index contributed by atoms with van der Waals surface area (Å²) < 4.78 is 14.2. The molecule has 1 nitrogen and oxygen atoms in total. The van der Waals surface area contributed by atoms with Crippen LogP contribution in [0.25, 0.3) is 0 Å². The fourth-order valence-electron chi connectivity index (χ4n) is 1.39. The summed E-state index contributed by atoms with van der Waals surface area (Å²) in [5, 5.41) is 1.75. The minimum absolute atomic E-state index is 0.104. The van der Waals surface area contributed by atoms with E-state index in [-0.39, 0.29) is 11.3 Å². The van der Waals surface area contributed by atoms with Crippen molar-refractivity contribution in [3.8, 4) is 0 Å². The summed E-state index contributed by atoms with van der Waals surface area (Å²) in [7, 11) is 0. The Morgan fingerprint density at radius 2 is 2.12 bits per heavy atom. The van der Waals surface area contributed by atoms with Crippen LogP contribution >= 0.6 is 27.3 Å². The molecule has 82 valence electrons. The van der Waals surface area contributed by atoms with Gasteiger partial charge in [-0.1, -0.05) is 15.9 Å². The molecule has 0 unspecified atom stereocenters. The Kier molecular flexibility index (Phi) is 3.21. The highest BCUT2D eigenvalue weighted by atomic mass is 79.9. The van der Waals surface area contributed by atoms with Gasteiger partial charge in [-0.15, -0.1) is 11.3 Å². The van der Waals surface area contributed by atoms with Gasteiger partial charge in [-0.2, -0.15) is 0 Å². The third-order valence-electron chi connectivity index (χ3n) is 2.17. The van der Waals surface area contributed by atoms with Crippen LogP contribution < -0.4 is 0 Å². The second-order valence-electron chi connectivity index (χ2n) is 3.40. The van der Waals surface area contributed by atoms with E-state index in [1.54, 1.807) is 17.5 Å². The van der Waals surface area contributed by atoms with E-state index in [4.69, 9.17) is 0 Å². The predicted molar refractivity (Wildman–Crippen MR) is 66.6 cm³/mol. The zero-order valence-corrected chi connectivity index (χ0v) is 10.9. The van der Waals surface area contributed by atoms with Crippen molar-refractivity contribution >= 4 is 33.0 Å². The van der Waals surface area contributed by atoms with Crippen LogP contribution in [0.2, 0.25) is 0 Å². The lowest BCUT2D eigenvalue weighted by Gasteiger charge is -2.01. The summed E-state index contributed by atoms with van der Waals surface area (Å²) >= 11 is 4.71. The van der Waals surface area contributed by atoms with E-state index in [0.29, 0.717) is 10.0 Å². The third kappa shape index (κ3) is 2.23. The second kappa shape index (κ2) is 4.47. The highest BCUT2D eigenvalue weighted by Crippen LogP contribution is 2.21. The lowest BCUT2D eigenvalue weighted by Crippen LogP contribution is -2.02. The fraction of sp³-hybridized carbons (Fsp3) is 0.0833. The van der Waals surface area contributed by atoms with Crippen molar-refractivity contribution in [2.75, 3.05) is 0 Å². The smallest absolute Gasteiger partial charge is 0.196 e. The zero-order valence-electron chi connectivity index (χ0n) is 8.46. The number of hydrogen-bond donors (Lipinski definition) is 0. The number of carbonyl (C=O) groups excluding carboxylic acids is 1. The maximum absolute atomic E-state index is 13.5. The Hall–Kier alpha value is -1.00. The first-order chi connectivity index (χ1) is 7.58. The molecule has 0 aliphatic heterocycles. The van der Waals surface area contributed by atoms with Crippen molar-refractivity contribution in [2.45, 2.75) is 6.92 Å². The molecule has 0 N–H and O–H groups in total. The van der Waals surface area contributed by atoms with Gasteiger partial charge in [-0.05, 0) is 31.2 Å². The Balaban J connectivity index is 2.45. The largest absolute Gasteiger partial charge is 0.288 e. The zero-order chi connectivity index (χ0) is 11.7. The van der Waals surface area contributed by atoms with Crippen LogP contribution in [-0.4, -0.2) is 5.78 Å². The molecule has 0 atom stereocenters. The molecule has 0 spiro atoms. The molecule has 0 fully saturated rings. The van der Waals surface area contributed by atoms with Gasteiger partial charge in [0.1, 0.15) is 5.82 Å². The lowest BCUT2D eigenvalue weighted by atomic mass is 10.1. The summed E-state index contributed by atoms with van der Waals surface area (Å²) in [6.45, 7) is 1.92. The molecule has 2 aromatic rings. The van der Waals surface area contributed by atoms with Crippen LogP contribution in [0, 0.1) is 12.7 Å². The molecule has 2 rings (SSSR count). The molecule has 0 aliphatic rings. The van der Waals surface area contributed by atoms with Gasteiger partial charge in [0.25, 0.3) is 0 Å². The summed E-state index contributed by atoms with van der Waals surface area (Å²) in [5.41, 5.74) is 0.645. The molecule has 0 radical (unpaired) electrons. The molecular weight excluding hydrogens is 291 g/mol. The molecule has 1 aromatic heterocycles. The third-order valence-corrected chi connectivity index (χ3v) is 3.52. The van der Waals surface area contributed by atoms with Crippen LogP contribution in [0.1, 0.15) is 20.8 Å². The van der Waals surface area contributed by atoms with Gasteiger partial charge in [0.05, 0.1) is 5.56 Å². The van der Waals surface area contributed by atoms with Crippen LogP contribution in [-0.2, 0) is 0 Å². The van der Waals surface area contributed by atoms with Gasteiger partial charge in [0.15, 0.2) is 5.78 Å². The average molecular weight is 299 g/mol. The minimum atomic E-state index is -0.489. The maximum Gasteiger partial charge on any atom is 0.196 e. The molecule has 0 bridgehead atoms. The number of carbonyl (C=O) groups is 1. The molecule has 1 heterocycles. The highest BCUT2D eigenvalue weighted by Gasteiger charge is 2.15. The van der Waals surface area contributed by atoms with Crippen molar-refractivity contribution in [2.24, 2.45) is 0 Å². The van der Waals surface area contributed by atoms with Crippen LogP contribution in [0.4, 0.5) is 4.39 Å². The van der Waals surface area contributed by atoms with Gasteiger partial charge in [0, 0.05) is 20.3 Å². The number of aryl methyl sites for hydroxylation is 1. The molecule has 0 amide bonds. The van der Waals surface area contributed by atoms with E-state index in [1.165, 1.54) is 23.5 Å². The number of thiophene rings is 1. The topological polar surface area (TPSA) is 17.1 Å². The van der Waals surface area contributed by atoms with Crippen molar-refractivity contribution in [1.29, 1.82) is 0 Å². The molecule has 4 heteroatoms. The molecule has 0 saturated carbocycles. The van der Waals surface area contributed by atoms with Gasteiger partial charge < -0.3 is 0 Å². The van der Waals surface area contributed by atoms with E-state index >= 15 is 0 Å². The quantitative estimate of drug-likeness (QED) is 0.760. The van der Waals surface area contributed by atoms with Crippen LogP contribution in [0.3, 0.4) is 0 Å². The van der Waals surface area contributed by atoms with E-state index < -0.39 is 5.82 Å². The van der Waals surface area contributed by atoms with E-state index in [9.17, 15) is 9.18 Å². The molecule has 1 aromatic carbocycles. The average Bonchev–Trinajstić information content (AvgIpc) is 2.67. The Morgan fingerprint density at radius 1 is 1.38 bits per heavy atom. The fourth-order valence-corrected chi connectivity index (χ4v) is 2.43. The van der Waals surface area contributed by atoms with Crippen LogP contribution in [0.5, 0.6) is 0 Å². The van der Waals surface area contributed by atoms with E-state index in [0.717, 1.165) is 4.88 Å². The van der Waals surface area contributed by atoms with Gasteiger partial charge in [-0.3, -0.25) is 4.79 Å². The number of rotatable bonds is 2. The SMILES string of the molecule is Cc1cc(C(=O)c2cc(Br)ccc2F)cs1. The van der Waals surface area contributed by atoms with Gasteiger partial charge in [-0.25, -0.2) is 4.39 Å². The Labute approximate surface area is 105 Å². The monoisotopic (exact) mass is 298 g/mol. The summed E-state index contributed by atoms with van der Waals surface area (Å²) in [6, 6.07) is 6.14. The molecular formula is C12H8BrFOS. The van der Waals surface area contributed by atoms with Crippen molar-refractivity contribution < 1.29 is 9.18 Å². The first kappa shape index (κ1) is 11.5. The predicted octanol–water partition coefficient (Wildman–Crippen LogP) is 4.19. The summed E-state index contributed by atoms with van der Waals surface area (Å²) in [5.74, 6) is -0.764. The standard InChI is InChI=1S/C12H8BrFOS/c1-7-4-8(6-16-7)12(15)10-5-9(13)2-3-11(10)14/h2-6H,1H3. The molecule has 0 aliphatic carbocycles. The number of ketones is 1. The van der Waals surface area contributed by atoms with Crippen molar-refractivity contribution in [3.63, 3.8) is 0 Å². The summed E-state index contributed by atoms with van der Waals surface area (Å²) in [6.07, 6.45) is 0. The highest BCUT2D eigenvalue weighted by molar-refractivity contribution is 9.10. The van der Waals surface area contributed by atoms with Gasteiger partial charge >= 0.3 is 0 Å². The first-order valence-corrected chi connectivity index (χ1v) is 6.30. The van der Waals surface area contributed by atoms with Crippen molar-refractivity contribution in [1.82, 2.24) is 0 Å². The second-order valence-corrected chi connectivity index (χ2v) is 5.43.